The van der Waals surface area contributed by atoms with Gasteiger partial charge in [0.05, 0.1) is 19.3 Å². The predicted molar refractivity (Wildman–Crippen MR) is 166 cm³/mol. The number of hydrogen-bond acceptors (Lipinski definition) is 8. The van der Waals surface area contributed by atoms with Crippen LogP contribution < -0.4 is 10.9 Å². The van der Waals surface area contributed by atoms with Crippen LogP contribution in [0, 0.1) is 0 Å². The molecule has 0 unspecified atom stereocenters. The maximum atomic E-state index is 14.7. The summed E-state index contributed by atoms with van der Waals surface area (Å²) in [6.45, 7) is 2.09. The average molecular weight is 588 g/mol. The van der Waals surface area contributed by atoms with Crippen molar-refractivity contribution in [2.45, 2.75) is 37.3 Å². The van der Waals surface area contributed by atoms with Gasteiger partial charge in [-0.05, 0) is 40.8 Å². The molecule has 0 radical (unpaired) electrons. The van der Waals surface area contributed by atoms with Gasteiger partial charge in [0.2, 0.25) is 0 Å². The number of Topliss-reactive ketones (excluding diaryl/α,β-unsaturated/α-hetero) is 2. The summed E-state index contributed by atoms with van der Waals surface area (Å²) >= 11 is 0. The summed E-state index contributed by atoms with van der Waals surface area (Å²) in [4.78, 5) is 29.0. The van der Waals surface area contributed by atoms with Gasteiger partial charge in [0, 0.05) is 35.1 Å². The summed E-state index contributed by atoms with van der Waals surface area (Å²) in [5.74, 6) is -2.32. The van der Waals surface area contributed by atoms with Crippen LogP contribution >= 0.6 is 0 Å². The van der Waals surface area contributed by atoms with Crippen molar-refractivity contribution >= 4 is 47.5 Å². The number of hydrogen-bond donors (Lipinski definition) is 2. The van der Waals surface area contributed by atoms with E-state index in [9.17, 15) is 19.6 Å². The molecule has 2 N–H and O–H groups in total. The summed E-state index contributed by atoms with van der Waals surface area (Å²) in [5.41, 5.74) is -0.000561. The number of ketones is 2. The lowest BCUT2D eigenvalue weighted by molar-refractivity contribution is -0.245. The Bertz CT molecular complexity index is 1770. The van der Waals surface area contributed by atoms with Crippen molar-refractivity contribution in [3.8, 4) is 0 Å². The minimum atomic E-state index is -1.79. The maximum Gasteiger partial charge on any atom is 0.491 e. The van der Waals surface area contributed by atoms with Crippen molar-refractivity contribution < 1.29 is 38.4 Å². The zero-order valence-corrected chi connectivity index (χ0v) is 24.1. The normalized spacial score (nSPS) is 22.6. The van der Waals surface area contributed by atoms with Crippen LogP contribution in [0.25, 0.3) is 10.8 Å². The van der Waals surface area contributed by atoms with Crippen LogP contribution in [-0.4, -0.2) is 66.6 Å². The highest BCUT2D eigenvalue weighted by Crippen LogP contribution is 2.52. The van der Waals surface area contributed by atoms with E-state index >= 15 is 0 Å². The molecule has 0 saturated carbocycles. The second-order valence-electron chi connectivity index (χ2n) is 11.5. The Morgan fingerprint density at radius 3 is 1.86 bits per heavy atom. The molecule has 1 saturated heterocycles. The van der Waals surface area contributed by atoms with Crippen LogP contribution in [0.1, 0.15) is 40.5 Å². The summed E-state index contributed by atoms with van der Waals surface area (Å²) in [6.07, 6.45) is -0.813. The summed E-state index contributed by atoms with van der Waals surface area (Å²) in [6, 6.07) is 28.7. The first-order chi connectivity index (χ1) is 21.3. The molecule has 4 aromatic rings. The number of carbonyl (C=O) groups excluding carboxylic acids is 2. The van der Waals surface area contributed by atoms with Crippen LogP contribution in [0.3, 0.4) is 0 Å². The highest BCUT2D eigenvalue weighted by molar-refractivity contribution is 6.60. The molecule has 3 aliphatic rings. The first-order valence-electron chi connectivity index (χ1n) is 14.7. The summed E-state index contributed by atoms with van der Waals surface area (Å²) < 4.78 is 25.1. The van der Waals surface area contributed by atoms with Crippen molar-refractivity contribution in [2.75, 3.05) is 13.2 Å². The first kappa shape index (κ1) is 28.9. The fourth-order valence-electron chi connectivity index (χ4n) is 6.73. The largest absolute Gasteiger partial charge is 0.491 e. The van der Waals surface area contributed by atoms with Crippen LogP contribution in [0.5, 0.6) is 0 Å². The van der Waals surface area contributed by atoms with Crippen LogP contribution in [0.2, 0.25) is 0 Å². The maximum absolute atomic E-state index is 14.7. The molecule has 8 nitrogen and oxygen atoms in total. The van der Waals surface area contributed by atoms with E-state index in [2.05, 4.69) is 0 Å². The Hall–Kier alpha value is -3.89. The van der Waals surface area contributed by atoms with Gasteiger partial charge >= 0.3 is 14.2 Å². The van der Waals surface area contributed by atoms with E-state index in [4.69, 9.17) is 18.8 Å². The monoisotopic (exact) mass is 588 g/mol. The molecule has 2 aliphatic carbocycles. The lowest BCUT2D eigenvalue weighted by atomic mass is 9.64. The van der Waals surface area contributed by atoms with Crippen molar-refractivity contribution in [1.82, 2.24) is 0 Å². The molecule has 0 spiro atoms. The zero-order chi connectivity index (χ0) is 30.5. The van der Waals surface area contributed by atoms with Gasteiger partial charge in [-0.15, -0.1) is 0 Å². The van der Waals surface area contributed by atoms with E-state index in [-0.39, 0.29) is 54.1 Å². The molecule has 1 heterocycles. The van der Waals surface area contributed by atoms with Crippen LogP contribution in [0.4, 0.5) is 0 Å². The zero-order valence-electron chi connectivity index (χ0n) is 24.1. The molecule has 10 heteroatoms. The summed E-state index contributed by atoms with van der Waals surface area (Å²) in [7, 11) is -2.82. The smallest absolute Gasteiger partial charge is 0.423 e. The van der Waals surface area contributed by atoms with E-state index in [0.717, 1.165) is 10.8 Å². The molecule has 0 bridgehead atoms. The minimum Gasteiger partial charge on any atom is -0.423 e. The van der Waals surface area contributed by atoms with Gasteiger partial charge < -0.3 is 28.8 Å². The Labute approximate surface area is 255 Å². The Kier molecular flexibility index (Phi) is 7.37. The molecule has 4 aromatic carbocycles. The topological polar surface area (TPSA) is 112 Å². The van der Waals surface area contributed by atoms with Crippen LogP contribution in [-0.2, 0) is 18.8 Å². The molecule has 7 rings (SSSR count). The van der Waals surface area contributed by atoms with Gasteiger partial charge in [-0.3, -0.25) is 9.59 Å². The van der Waals surface area contributed by atoms with E-state index < -0.39 is 37.5 Å². The van der Waals surface area contributed by atoms with E-state index in [0.29, 0.717) is 10.9 Å². The molecular formula is C34H30B2O8. The fourth-order valence-corrected chi connectivity index (χ4v) is 6.73. The highest BCUT2D eigenvalue weighted by Gasteiger charge is 2.64. The Balaban J connectivity index is 1.41. The first-order valence-corrected chi connectivity index (χ1v) is 14.7. The number of rotatable bonds is 7. The van der Waals surface area contributed by atoms with E-state index in [1.807, 2.05) is 36.4 Å². The standard InChI is InChI=1S/C34H30B2O8/c1-33(41-16-17-42-33)34(44-36(40)25-14-6-3-7-15-25)21-26(43-35(39)24-12-4-2-5-13-24)20-29-30(34)32(38)28-19-23-11-9-8-10-22(23)18-27(28)31(29)37/h2-15,18-19,26,39-40H,16-17,20-21H2,1H3/t26-,34-/m1/s1. The van der Waals surface area contributed by atoms with Gasteiger partial charge in [-0.25, -0.2) is 0 Å². The number of fused-ring (bicyclic) bond motifs is 2. The Morgan fingerprint density at radius 2 is 1.27 bits per heavy atom. The second kappa shape index (κ2) is 11.2. The van der Waals surface area contributed by atoms with E-state index in [1.54, 1.807) is 67.6 Å². The third-order valence-corrected chi connectivity index (χ3v) is 8.90. The predicted octanol–water partition coefficient (Wildman–Crippen LogP) is 2.99. The highest BCUT2D eigenvalue weighted by atomic mass is 16.8. The van der Waals surface area contributed by atoms with Gasteiger partial charge in [0.1, 0.15) is 5.60 Å². The number of ether oxygens (including phenoxy) is 2. The molecular weight excluding hydrogens is 558 g/mol. The van der Waals surface area contributed by atoms with Gasteiger partial charge in [-0.1, -0.05) is 84.9 Å². The quantitative estimate of drug-likeness (QED) is 0.318. The molecule has 0 aromatic heterocycles. The molecule has 220 valence electrons. The van der Waals surface area contributed by atoms with E-state index in [1.165, 1.54) is 0 Å². The molecule has 1 aliphatic heterocycles. The molecule has 1 fully saturated rings. The Morgan fingerprint density at radius 1 is 0.750 bits per heavy atom. The lowest BCUT2D eigenvalue weighted by Crippen LogP contribution is -2.65. The second-order valence-corrected chi connectivity index (χ2v) is 11.5. The fraction of sp³-hybridized carbons (Fsp3) is 0.235. The van der Waals surface area contributed by atoms with Crippen LogP contribution in [0.15, 0.2) is 108 Å². The SMILES string of the molecule is CC1([C@@]2(OB(O)c3ccccc3)C[C@H](OB(O)c3ccccc3)CC3=C2C(=O)c2cc4ccccc4cc2C3=O)OCCO1. The van der Waals surface area contributed by atoms with Gasteiger partial charge in [0.25, 0.3) is 0 Å². The summed E-state index contributed by atoms with van der Waals surface area (Å²) in [5, 5.41) is 24.2. The third kappa shape index (κ3) is 4.75. The average Bonchev–Trinajstić information content (AvgIpc) is 3.51. The number of carbonyl (C=O) groups is 2. The van der Waals surface area contributed by atoms with Crippen molar-refractivity contribution in [3.05, 3.63) is 119 Å². The van der Waals surface area contributed by atoms with Crippen molar-refractivity contribution in [2.24, 2.45) is 0 Å². The van der Waals surface area contributed by atoms with Crippen molar-refractivity contribution in [3.63, 3.8) is 0 Å². The lowest BCUT2D eigenvalue weighted by Gasteiger charge is -2.51. The number of benzene rings is 4. The molecule has 0 amide bonds. The molecule has 2 atom stereocenters. The minimum absolute atomic E-state index is 0.0404. The van der Waals surface area contributed by atoms with Crippen molar-refractivity contribution in [1.29, 1.82) is 0 Å². The van der Waals surface area contributed by atoms with Gasteiger partial charge in [-0.2, -0.15) is 0 Å². The van der Waals surface area contributed by atoms with Gasteiger partial charge in [0.15, 0.2) is 17.4 Å². The molecule has 44 heavy (non-hydrogen) atoms. The third-order valence-electron chi connectivity index (χ3n) is 8.90.